The van der Waals surface area contributed by atoms with Crippen molar-refractivity contribution in [1.82, 2.24) is 5.32 Å². The fraction of sp³-hybridized carbons (Fsp3) is 0.217. The maximum Gasteiger partial charge on any atom is 0.258 e. The minimum atomic E-state index is -0.246. The third-order valence-corrected chi connectivity index (χ3v) is 5.03. The Labute approximate surface area is 178 Å². The first-order valence-electron chi connectivity index (χ1n) is 9.29. The summed E-state index contributed by atoms with van der Waals surface area (Å²) in [7, 11) is 0. The minimum Gasteiger partial charge on any atom is -0.490 e. The van der Waals surface area contributed by atoms with Crippen LogP contribution in [0.4, 0.5) is 0 Å². The molecule has 29 heavy (non-hydrogen) atoms. The van der Waals surface area contributed by atoms with E-state index in [1.54, 1.807) is 12.1 Å². The highest BCUT2D eigenvalue weighted by Crippen LogP contribution is 2.36. The van der Waals surface area contributed by atoms with E-state index in [4.69, 9.17) is 14.7 Å². The van der Waals surface area contributed by atoms with E-state index in [-0.39, 0.29) is 18.6 Å². The van der Waals surface area contributed by atoms with Crippen molar-refractivity contribution < 1.29 is 14.3 Å². The molecule has 0 saturated carbocycles. The van der Waals surface area contributed by atoms with Crippen molar-refractivity contribution in [1.29, 1.82) is 5.26 Å². The molecule has 3 rings (SSSR count). The summed E-state index contributed by atoms with van der Waals surface area (Å²) in [4.78, 5) is 12.4. The van der Waals surface area contributed by atoms with E-state index in [2.05, 4.69) is 39.4 Å². The third-order valence-electron chi connectivity index (χ3n) is 4.44. The lowest BCUT2D eigenvalue weighted by Crippen LogP contribution is -2.31. The molecular formula is C23H21BrN2O3. The second kappa shape index (κ2) is 9.44. The van der Waals surface area contributed by atoms with Gasteiger partial charge in [-0.05, 0) is 58.2 Å². The van der Waals surface area contributed by atoms with Crippen LogP contribution in [0.25, 0.3) is 10.8 Å². The highest BCUT2D eigenvalue weighted by atomic mass is 79.9. The molecule has 3 aromatic rings. The Bertz CT molecular complexity index is 1080. The second-order valence-corrected chi connectivity index (χ2v) is 7.37. The van der Waals surface area contributed by atoms with Crippen LogP contribution in [-0.4, -0.2) is 19.1 Å². The van der Waals surface area contributed by atoms with Gasteiger partial charge in [-0.1, -0.05) is 36.4 Å². The van der Waals surface area contributed by atoms with Gasteiger partial charge in [-0.2, -0.15) is 5.26 Å². The number of amides is 1. The van der Waals surface area contributed by atoms with Gasteiger partial charge in [0.2, 0.25) is 0 Å². The van der Waals surface area contributed by atoms with E-state index in [9.17, 15) is 4.79 Å². The number of carbonyl (C=O) groups is 1. The highest BCUT2D eigenvalue weighted by Gasteiger charge is 2.16. The third kappa shape index (κ3) is 5.07. The predicted molar refractivity (Wildman–Crippen MR) is 116 cm³/mol. The SMILES string of the molecule is CCOc1cc(C#N)cc(Br)c1OCC(=O)NC(C)c1ccc2ccccc2c1. The van der Waals surface area contributed by atoms with Gasteiger partial charge in [0.25, 0.3) is 5.91 Å². The first kappa shape index (κ1) is 20.7. The second-order valence-electron chi connectivity index (χ2n) is 6.51. The van der Waals surface area contributed by atoms with E-state index in [1.165, 1.54) is 0 Å². The predicted octanol–water partition coefficient (Wildman–Crippen LogP) is 5.13. The van der Waals surface area contributed by atoms with Crippen molar-refractivity contribution in [2.45, 2.75) is 19.9 Å². The van der Waals surface area contributed by atoms with E-state index in [0.717, 1.165) is 16.3 Å². The first-order valence-corrected chi connectivity index (χ1v) is 10.1. The van der Waals surface area contributed by atoms with Crippen LogP contribution < -0.4 is 14.8 Å². The number of fused-ring (bicyclic) bond motifs is 1. The molecule has 0 radical (unpaired) electrons. The number of nitrogens with zero attached hydrogens (tertiary/aromatic N) is 1. The molecule has 0 aliphatic carbocycles. The van der Waals surface area contributed by atoms with Gasteiger partial charge < -0.3 is 14.8 Å². The average molecular weight is 453 g/mol. The minimum absolute atomic E-state index is 0.161. The Morgan fingerprint density at radius 1 is 1.14 bits per heavy atom. The van der Waals surface area contributed by atoms with Gasteiger partial charge in [-0.15, -0.1) is 0 Å². The molecule has 0 spiro atoms. The molecule has 6 heteroatoms. The van der Waals surface area contributed by atoms with Crippen molar-refractivity contribution in [2.75, 3.05) is 13.2 Å². The van der Waals surface area contributed by atoms with Gasteiger partial charge >= 0.3 is 0 Å². The lowest BCUT2D eigenvalue weighted by molar-refractivity contribution is -0.123. The molecule has 1 atom stereocenters. The number of ether oxygens (including phenoxy) is 2. The van der Waals surface area contributed by atoms with Crippen LogP contribution in [0, 0.1) is 11.3 Å². The Morgan fingerprint density at radius 2 is 1.90 bits per heavy atom. The summed E-state index contributed by atoms with van der Waals surface area (Å²) in [6.07, 6.45) is 0. The molecule has 1 amide bonds. The van der Waals surface area contributed by atoms with Gasteiger partial charge in [-0.25, -0.2) is 0 Å². The molecule has 0 saturated heterocycles. The zero-order chi connectivity index (χ0) is 20.8. The Balaban J connectivity index is 1.67. The Morgan fingerprint density at radius 3 is 2.62 bits per heavy atom. The normalized spacial score (nSPS) is 11.5. The van der Waals surface area contributed by atoms with Crippen molar-refractivity contribution >= 4 is 32.6 Å². The van der Waals surface area contributed by atoms with Crippen molar-refractivity contribution in [3.05, 3.63) is 70.2 Å². The van der Waals surface area contributed by atoms with Crippen LogP contribution in [0.2, 0.25) is 0 Å². The standard InChI is InChI=1S/C23H21BrN2O3/c1-3-28-21-11-16(13-25)10-20(24)23(21)29-14-22(27)26-15(2)18-9-8-17-6-4-5-7-19(17)12-18/h4-12,15H,3,14H2,1-2H3,(H,26,27). The van der Waals surface area contributed by atoms with Gasteiger partial charge in [0.15, 0.2) is 18.1 Å². The molecule has 0 aliphatic rings. The number of hydrogen-bond acceptors (Lipinski definition) is 4. The van der Waals surface area contributed by atoms with Crippen LogP contribution >= 0.6 is 15.9 Å². The van der Waals surface area contributed by atoms with Crippen molar-refractivity contribution in [2.24, 2.45) is 0 Å². The van der Waals surface area contributed by atoms with Crippen LogP contribution in [0.1, 0.15) is 31.0 Å². The maximum absolute atomic E-state index is 12.4. The van der Waals surface area contributed by atoms with E-state index >= 15 is 0 Å². The molecule has 0 heterocycles. The molecule has 0 fully saturated rings. The first-order chi connectivity index (χ1) is 14.0. The zero-order valence-electron chi connectivity index (χ0n) is 16.2. The van der Waals surface area contributed by atoms with Gasteiger partial charge in [0.05, 0.1) is 28.8 Å². The number of carbonyl (C=O) groups excluding carboxylic acids is 1. The van der Waals surface area contributed by atoms with Crippen LogP contribution in [0.15, 0.2) is 59.1 Å². The highest BCUT2D eigenvalue weighted by molar-refractivity contribution is 9.10. The molecule has 1 unspecified atom stereocenters. The largest absolute Gasteiger partial charge is 0.490 e. The van der Waals surface area contributed by atoms with Crippen LogP contribution in [0.3, 0.4) is 0 Å². The zero-order valence-corrected chi connectivity index (χ0v) is 17.8. The summed E-state index contributed by atoms with van der Waals surface area (Å²) in [5.74, 6) is 0.581. The summed E-state index contributed by atoms with van der Waals surface area (Å²) < 4.78 is 11.8. The fourth-order valence-electron chi connectivity index (χ4n) is 3.02. The number of halogens is 1. The van der Waals surface area contributed by atoms with E-state index in [0.29, 0.717) is 28.1 Å². The molecule has 0 bridgehead atoms. The smallest absolute Gasteiger partial charge is 0.258 e. The monoisotopic (exact) mass is 452 g/mol. The number of rotatable bonds is 7. The summed E-state index contributed by atoms with van der Waals surface area (Å²) in [6.45, 7) is 4.03. The molecule has 0 aliphatic heterocycles. The molecule has 0 aromatic heterocycles. The van der Waals surface area contributed by atoms with Gasteiger partial charge in [-0.3, -0.25) is 4.79 Å². The summed E-state index contributed by atoms with van der Waals surface area (Å²) >= 11 is 3.38. The number of nitrogens with one attached hydrogen (secondary N) is 1. The Hall–Kier alpha value is -3.04. The van der Waals surface area contributed by atoms with E-state index < -0.39 is 0 Å². The van der Waals surface area contributed by atoms with Gasteiger partial charge in [0.1, 0.15) is 0 Å². The average Bonchev–Trinajstić information content (AvgIpc) is 2.72. The molecule has 5 nitrogen and oxygen atoms in total. The van der Waals surface area contributed by atoms with Crippen LogP contribution in [0.5, 0.6) is 11.5 Å². The summed E-state index contributed by atoms with van der Waals surface area (Å²) in [6, 6.07) is 19.4. The fourth-order valence-corrected chi connectivity index (χ4v) is 3.57. The molecule has 3 aromatic carbocycles. The van der Waals surface area contributed by atoms with Crippen LogP contribution in [-0.2, 0) is 4.79 Å². The summed E-state index contributed by atoms with van der Waals surface area (Å²) in [5, 5.41) is 14.3. The Kier molecular flexibility index (Phi) is 6.73. The summed E-state index contributed by atoms with van der Waals surface area (Å²) in [5.41, 5.74) is 1.47. The number of hydrogen-bond donors (Lipinski definition) is 1. The van der Waals surface area contributed by atoms with Gasteiger partial charge in [0, 0.05) is 6.07 Å². The lowest BCUT2D eigenvalue weighted by atomic mass is 10.0. The quantitative estimate of drug-likeness (QED) is 0.539. The van der Waals surface area contributed by atoms with Crippen molar-refractivity contribution in [3.63, 3.8) is 0 Å². The van der Waals surface area contributed by atoms with Crippen molar-refractivity contribution in [3.8, 4) is 17.6 Å². The lowest BCUT2D eigenvalue weighted by Gasteiger charge is -2.17. The molecule has 148 valence electrons. The number of benzene rings is 3. The molecular weight excluding hydrogens is 432 g/mol. The maximum atomic E-state index is 12.4. The molecule has 1 N–H and O–H groups in total. The topological polar surface area (TPSA) is 71.3 Å². The van der Waals surface area contributed by atoms with E-state index in [1.807, 2.05) is 44.2 Å². The number of nitriles is 1.